The largest absolute Gasteiger partial charge is 0.481 e. The smallest absolute Gasteiger partial charge is 0.407 e. The number of aromatic nitrogens is 2. The molecule has 0 radical (unpaired) electrons. The third-order valence-corrected chi connectivity index (χ3v) is 4.00. The van der Waals surface area contributed by atoms with Crippen LogP contribution in [0.3, 0.4) is 0 Å². The van der Waals surface area contributed by atoms with Gasteiger partial charge in [-0.05, 0) is 25.8 Å². The van der Waals surface area contributed by atoms with Crippen molar-refractivity contribution in [3.8, 4) is 0 Å². The van der Waals surface area contributed by atoms with E-state index < -0.39 is 12.1 Å². The molecule has 1 aromatic carbocycles. The number of amides is 1. The summed E-state index contributed by atoms with van der Waals surface area (Å²) in [6.45, 7) is 4.25. The lowest BCUT2D eigenvalue weighted by Crippen LogP contribution is -2.37. The van der Waals surface area contributed by atoms with E-state index in [4.69, 9.17) is 9.84 Å². The summed E-state index contributed by atoms with van der Waals surface area (Å²) in [7, 11) is 0. The van der Waals surface area contributed by atoms with Crippen molar-refractivity contribution in [1.29, 1.82) is 0 Å². The van der Waals surface area contributed by atoms with Crippen LogP contribution in [0.4, 0.5) is 4.79 Å². The standard InChI is InChI=1S/C19H25N3O4/c1-14(2)22-13-20-11-17(22)10-16(8-9-18(23)24)21-19(25)26-12-15-6-4-3-5-7-15/h3-7,11,13-14,16H,8-10,12H2,1-2H3,(H,21,25)(H,23,24). The van der Waals surface area contributed by atoms with Gasteiger partial charge in [0.15, 0.2) is 0 Å². The molecule has 2 rings (SSSR count). The minimum Gasteiger partial charge on any atom is -0.481 e. The van der Waals surface area contributed by atoms with Crippen LogP contribution in [0.1, 0.15) is 44.0 Å². The molecule has 0 spiro atoms. The number of alkyl carbamates (subject to hydrolysis) is 1. The van der Waals surface area contributed by atoms with Crippen molar-refractivity contribution >= 4 is 12.1 Å². The summed E-state index contributed by atoms with van der Waals surface area (Å²) in [6, 6.07) is 9.27. The summed E-state index contributed by atoms with van der Waals surface area (Å²) in [5, 5.41) is 11.7. The van der Waals surface area contributed by atoms with Crippen LogP contribution in [-0.2, 0) is 22.6 Å². The Balaban J connectivity index is 1.96. The fraction of sp³-hybridized carbons (Fsp3) is 0.421. The fourth-order valence-electron chi connectivity index (χ4n) is 2.66. The van der Waals surface area contributed by atoms with Crippen molar-refractivity contribution in [2.45, 2.75) is 51.8 Å². The molecule has 2 N–H and O–H groups in total. The Hall–Kier alpha value is -2.83. The topological polar surface area (TPSA) is 93.5 Å². The van der Waals surface area contributed by atoms with Crippen LogP contribution < -0.4 is 5.32 Å². The van der Waals surface area contributed by atoms with E-state index in [-0.39, 0.29) is 25.1 Å². The molecule has 0 aliphatic rings. The number of aliphatic carboxylic acids is 1. The third kappa shape index (κ3) is 6.23. The lowest BCUT2D eigenvalue weighted by atomic mass is 10.1. The number of benzene rings is 1. The second-order valence-electron chi connectivity index (χ2n) is 6.43. The zero-order valence-electron chi connectivity index (χ0n) is 15.1. The summed E-state index contributed by atoms with van der Waals surface area (Å²) in [5.74, 6) is -0.896. The van der Waals surface area contributed by atoms with Crippen LogP contribution in [0.5, 0.6) is 0 Å². The van der Waals surface area contributed by atoms with Crippen LogP contribution in [-0.4, -0.2) is 32.8 Å². The molecule has 0 aliphatic heterocycles. The molecule has 1 aromatic heterocycles. The number of ether oxygens (including phenoxy) is 1. The Labute approximate surface area is 153 Å². The molecular formula is C19H25N3O4. The summed E-state index contributed by atoms with van der Waals surface area (Å²) in [5.41, 5.74) is 1.83. The van der Waals surface area contributed by atoms with E-state index in [1.165, 1.54) is 0 Å². The van der Waals surface area contributed by atoms with E-state index in [1.54, 1.807) is 12.5 Å². The highest BCUT2D eigenvalue weighted by Crippen LogP contribution is 2.13. The Bertz CT molecular complexity index is 713. The number of carboxylic acids is 1. The molecule has 1 amide bonds. The van der Waals surface area contributed by atoms with Crippen molar-refractivity contribution in [1.82, 2.24) is 14.9 Å². The Morgan fingerprint density at radius 2 is 2.00 bits per heavy atom. The quantitative estimate of drug-likeness (QED) is 0.717. The third-order valence-electron chi connectivity index (χ3n) is 4.00. The molecule has 0 saturated heterocycles. The van der Waals surface area contributed by atoms with Gasteiger partial charge in [-0.25, -0.2) is 9.78 Å². The first-order valence-electron chi connectivity index (χ1n) is 8.65. The number of hydrogen-bond acceptors (Lipinski definition) is 4. The maximum Gasteiger partial charge on any atom is 0.407 e. The lowest BCUT2D eigenvalue weighted by molar-refractivity contribution is -0.137. The van der Waals surface area contributed by atoms with Gasteiger partial charge in [-0.2, -0.15) is 0 Å². The molecular weight excluding hydrogens is 334 g/mol. The number of imidazole rings is 1. The van der Waals surface area contributed by atoms with Crippen molar-refractivity contribution < 1.29 is 19.4 Å². The average molecular weight is 359 g/mol. The Morgan fingerprint density at radius 3 is 2.65 bits per heavy atom. The van der Waals surface area contributed by atoms with Gasteiger partial charge in [0.25, 0.3) is 0 Å². The highest BCUT2D eigenvalue weighted by Gasteiger charge is 2.18. The first-order chi connectivity index (χ1) is 12.5. The maximum atomic E-state index is 12.1. The predicted octanol–water partition coefficient (Wildman–Crippen LogP) is 3.17. The molecule has 7 nitrogen and oxygen atoms in total. The zero-order valence-corrected chi connectivity index (χ0v) is 15.1. The molecule has 140 valence electrons. The van der Waals surface area contributed by atoms with E-state index in [0.29, 0.717) is 12.8 Å². The van der Waals surface area contributed by atoms with E-state index >= 15 is 0 Å². The number of hydrogen-bond donors (Lipinski definition) is 2. The highest BCUT2D eigenvalue weighted by molar-refractivity contribution is 5.68. The van der Waals surface area contributed by atoms with Gasteiger partial charge in [-0.3, -0.25) is 4.79 Å². The minimum absolute atomic E-state index is 0.0283. The first kappa shape index (κ1) is 19.5. The number of carbonyl (C=O) groups is 2. The second kappa shape index (κ2) is 9.60. The van der Waals surface area contributed by atoms with Gasteiger partial charge in [0.1, 0.15) is 6.61 Å². The van der Waals surface area contributed by atoms with Crippen LogP contribution in [0.15, 0.2) is 42.9 Å². The Kier molecular flexibility index (Phi) is 7.20. The zero-order chi connectivity index (χ0) is 18.9. The number of nitrogens with zero attached hydrogens (tertiary/aromatic N) is 2. The van der Waals surface area contributed by atoms with Crippen molar-refractivity contribution in [3.63, 3.8) is 0 Å². The highest BCUT2D eigenvalue weighted by atomic mass is 16.5. The number of nitrogens with one attached hydrogen (secondary N) is 1. The molecule has 2 aromatic rings. The van der Waals surface area contributed by atoms with Gasteiger partial charge in [0.05, 0.1) is 6.33 Å². The minimum atomic E-state index is -0.896. The van der Waals surface area contributed by atoms with Crippen LogP contribution in [0.2, 0.25) is 0 Å². The van der Waals surface area contributed by atoms with Gasteiger partial charge < -0.3 is 19.7 Å². The summed E-state index contributed by atoms with van der Waals surface area (Å²) < 4.78 is 7.25. The molecule has 1 heterocycles. The maximum absolute atomic E-state index is 12.1. The fourth-order valence-corrected chi connectivity index (χ4v) is 2.66. The van der Waals surface area contributed by atoms with Crippen LogP contribution in [0.25, 0.3) is 0 Å². The molecule has 7 heteroatoms. The summed E-state index contributed by atoms with van der Waals surface area (Å²) in [6.07, 6.45) is 3.71. The van der Waals surface area contributed by atoms with Gasteiger partial charge in [0, 0.05) is 36.8 Å². The monoisotopic (exact) mass is 359 g/mol. The molecule has 0 fully saturated rings. The van der Waals surface area contributed by atoms with E-state index in [2.05, 4.69) is 10.3 Å². The molecule has 1 unspecified atom stereocenters. The first-order valence-corrected chi connectivity index (χ1v) is 8.65. The lowest BCUT2D eigenvalue weighted by Gasteiger charge is -2.20. The molecule has 26 heavy (non-hydrogen) atoms. The normalized spacial score (nSPS) is 12.0. The summed E-state index contributed by atoms with van der Waals surface area (Å²) in [4.78, 5) is 27.2. The van der Waals surface area contributed by atoms with Gasteiger partial charge in [-0.1, -0.05) is 30.3 Å². The SMILES string of the molecule is CC(C)n1cncc1CC(CCC(=O)O)NC(=O)OCc1ccccc1. The van der Waals surface area contributed by atoms with Crippen molar-refractivity contribution in [2.24, 2.45) is 0 Å². The second-order valence-corrected chi connectivity index (χ2v) is 6.43. The van der Waals surface area contributed by atoms with Gasteiger partial charge in [0.2, 0.25) is 0 Å². The number of carboxylic acid groups (broad SMARTS) is 1. The van der Waals surface area contributed by atoms with Gasteiger partial charge >= 0.3 is 12.1 Å². The van der Waals surface area contributed by atoms with Crippen molar-refractivity contribution in [2.75, 3.05) is 0 Å². The van der Waals surface area contributed by atoms with Gasteiger partial charge in [-0.15, -0.1) is 0 Å². The molecule has 0 saturated carbocycles. The number of rotatable bonds is 9. The molecule has 1 atom stereocenters. The predicted molar refractivity (Wildman–Crippen MR) is 96.7 cm³/mol. The average Bonchev–Trinajstić information content (AvgIpc) is 3.07. The molecule has 0 aliphatic carbocycles. The van der Waals surface area contributed by atoms with Crippen LogP contribution >= 0.6 is 0 Å². The number of carbonyl (C=O) groups excluding carboxylic acids is 1. The van der Waals surface area contributed by atoms with Crippen LogP contribution in [0, 0.1) is 0 Å². The van der Waals surface area contributed by atoms with E-state index in [9.17, 15) is 9.59 Å². The van der Waals surface area contributed by atoms with E-state index in [1.807, 2.05) is 48.7 Å². The Morgan fingerprint density at radius 1 is 1.27 bits per heavy atom. The summed E-state index contributed by atoms with van der Waals surface area (Å²) >= 11 is 0. The molecule has 0 bridgehead atoms. The van der Waals surface area contributed by atoms with Crippen molar-refractivity contribution in [3.05, 3.63) is 54.1 Å². The van der Waals surface area contributed by atoms with E-state index in [0.717, 1.165) is 11.3 Å².